The molecule has 1 aliphatic rings. The van der Waals surface area contributed by atoms with Gasteiger partial charge in [0.15, 0.2) is 0 Å². The van der Waals surface area contributed by atoms with Crippen LogP contribution in [0.2, 0.25) is 0 Å². The molecule has 1 aliphatic heterocycles. The number of thiophene rings is 1. The molecule has 2 aromatic carbocycles. The highest BCUT2D eigenvalue weighted by atomic mass is 32.1. The lowest BCUT2D eigenvalue weighted by Gasteiger charge is -2.35. The van der Waals surface area contributed by atoms with Gasteiger partial charge in [-0.15, -0.1) is 11.3 Å². The van der Waals surface area contributed by atoms with Gasteiger partial charge in [-0.2, -0.15) is 0 Å². The van der Waals surface area contributed by atoms with Crippen LogP contribution in [0.3, 0.4) is 0 Å². The Morgan fingerprint density at radius 2 is 1.82 bits per heavy atom. The van der Waals surface area contributed by atoms with Crippen molar-refractivity contribution in [1.29, 1.82) is 0 Å². The Kier molecular flexibility index (Phi) is 6.05. The van der Waals surface area contributed by atoms with E-state index < -0.39 is 0 Å². The zero-order chi connectivity index (χ0) is 19.3. The molecule has 3 aromatic rings. The summed E-state index contributed by atoms with van der Waals surface area (Å²) in [6.45, 7) is 7.06. The van der Waals surface area contributed by atoms with E-state index in [1.165, 1.54) is 0 Å². The zero-order valence-corrected chi connectivity index (χ0v) is 17.0. The van der Waals surface area contributed by atoms with Crippen LogP contribution < -0.4 is 0 Å². The molecule has 1 saturated heterocycles. The van der Waals surface area contributed by atoms with E-state index >= 15 is 0 Å². The first kappa shape index (κ1) is 19.1. The van der Waals surface area contributed by atoms with Gasteiger partial charge in [0, 0.05) is 36.9 Å². The first-order chi connectivity index (χ1) is 13.7. The summed E-state index contributed by atoms with van der Waals surface area (Å²) in [6.07, 6.45) is 0. The molecule has 4 rings (SSSR count). The molecule has 0 spiro atoms. The van der Waals surface area contributed by atoms with Crippen molar-refractivity contribution < 1.29 is 9.53 Å². The van der Waals surface area contributed by atoms with Crippen LogP contribution in [0.15, 0.2) is 60.7 Å². The van der Waals surface area contributed by atoms with Crippen LogP contribution in [-0.4, -0.2) is 54.6 Å². The number of rotatable bonds is 6. The second-order valence-corrected chi connectivity index (χ2v) is 8.41. The quantitative estimate of drug-likeness (QED) is 0.626. The molecule has 0 radical (unpaired) electrons. The van der Waals surface area contributed by atoms with Crippen LogP contribution in [-0.2, 0) is 11.3 Å². The molecule has 1 amide bonds. The molecule has 0 N–H and O–H groups in total. The number of carbonyl (C=O) groups is 1. The maximum absolute atomic E-state index is 13.5. The number of fused-ring (bicyclic) bond motifs is 1. The second-order valence-electron chi connectivity index (χ2n) is 7.33. The minimum Gasteiger partial charge on any atom is -0.379 e. The highest BCUT2D eigenvalue weighted by molar-refractivity contribution is 7.20. The van der Waals surface area contributed by atoms with Gasteiger partial charge >= 0.3 is 0 Å². The number of nitrogens with zero attached hydrogens (tertiary/aromatic N) is 2. The molecule has 28 heavy (non-hydrogen) atoms. The Labute approximate surface area is 170 Å². The Hall–Kier alpha value is -2.21. The monoisotopic (exact) mass is 394 g/mol. The van der Waals surface area contributed by atoms with Crippen molar-refractivity contribution in [3.8, 4) is 0 Å². The number of amides is 1. The van der Waals surface area contributed by atoms with E-state index in [4.69, 9.17) is 4.74 Å². The van der Waals surface area contributed by atoms with Crippen molar-refractivity contribution >= 4 is 27.3 Å². The molecular formula is C23H26N2O2S. The van der Waals surface area contributed by atoms with Crippen molar-refractivity contribution in [3.05, 3.63) is 71.1 Å². The number of ether oxygens (including phenoxy) is 1. The Bertz CT molecular complexity index is 886. The Morgan fingerprint density at radius 3 is 2.57 bits per heavy atom. The van der Waals surface area contributed by atoms with Gasteiger partial charge in [0.2, 0.25) is 0 Å². The zero-order valence-electron chi connectivity index (χ0n) is 16.2. The number of morpholine rings is 1. The summed E-state index contributed by atoms with van der Waals surface area (Å²) in [4.78, 5) is 18.7. The molecule has 1 fully saturated rings. The van der Waals surface area contributed by atoms with Crippen LogP contribution in [0.25, 0.3) is 10.1 Å². The molecule has 0 aliphatic carbocycles. The molecule has 1 unspecified atom stereocenters. The van der Waals surface area contributed by atoms with E-state index in [1.54, 1.807) is 11.3 Å². The molecule has 1 aromatic heterocycles. The van der Waals surface area contributed by atoms with Crippen LogP contribution in [0.1, 0.15) is 22.2 Å². The average molecular weight is 395 g/mol. The summed E-state index contributed by atoms with van der Waals surface area (Å²) < 4.78 is 6.63. The van der Waals surface area contributed by atoms with Gasteiger partial charge in [0.25, 0.3) is 5.91 Å². The van der Waals surface area contributed by atoms with E-state index in [9.17, 15) is 4.79 Å². The lowest BCUT2D eigenvalue weighted by Crippen LogP contribution is -2.47. The molecule has 0 bridgehead atoms. The summed E-state index contributed by atoms with van der Waals surface area (Å²) in [7, 11) is 0. The number of hydrogen-bond donors (Lipinski definition) is 0. The van der Waals surface area contributed by atoms with Gasteiger partial charge < -0.3 is 9.64 Å². The van der Waals surface area contributed by atoms with Gasteiger partial charge in [-0.05, 0) is 30.0 Å². The predicted octanol–water partition coefficient (Wildman–Crippen LogP) is 4.26. The molecular weight excluding hydrogens is 368 g/mol. The Balaban J connectivity index is 1.58. The normalized spacial score (nSPS) is 16.2. The minimum absolute atomic E-state index is 0.116. The topological polar surface area (TPSA) is 32.8 Å². The summed E-state index contributed by atoms with van der Waals surface area (Å²) in [6, 6.07) is 20.6. The lowest BCUT2D eigenvalue weighted by atomic mass is 10.1. The fraction of sp³-hybridized carbons (Fsp3) is 0.348. The average Bonchev–Trinajstić information content (AvgIpc) is 3.17. The van der Waals surface area contributed by atoms with Crippen molar-refractivity contribution in [2.45, 2.75) is 19.5 Å². The van der Waals surface area contributed by atoms with Gasteiger partial charge in [0.05, 0.1) is 18.1 Å². The summed E-state index contributed by atoms with van der Waals surface area (Å²) in [5.74, 6) is 0.116. The first-order valence-corrected chi connectivity index (χ1v) is 10.7. The smallest absolute Gasteiger partial charge is 0.264 e. The largest absolute Gasteiger partial charge is 0.379 e. The number of carbonyl (C=O) groups excluding carboxylic acids is 1. The third kappa shape index (κ3) is 4.43. The van der Waals surface area contributed by atoms with E-state index in [0.717, 1.165) is 53.4 Å². The fourth-order valence-corrected chi connectivity index (χ4v) is 4.71. The van der Waals surface area contributed by atoms with E-state index in [2.05, 4.69) is 36.1 Å². The number of benzene rings is 2. The summed E-state index contributed by atoms with van der Waals surface area (Å²) in [5, 5.41) is 1.14. The number of hydrogen-bond acceptors (Lipinski definition) is 4. The van der Waals surface area contributed by atoms with Crippen LogP contribution in [0.5, 0.6) is 0 Å². The lowest BCUT2D eigenvalue weighted by molar-refractivity contribution is 0.0229. The van der Waals surface area contributed by atoms with Crippen molar-refractivity contribution in [2.24, 2.45) is 0 Å². The third-order valence-electron chi connectivity index (χ3n) is 5.25. The first-order valence-electron chi connectivity index (χ1n) is 9.84. The van der Waals surface area contributed by atoms with Gasteiger partial charge in [-0.25, -0.2) is 0 Å². The molecule has 4 nitrogen and oxygen atoms in total. The maximum Gasteiger partial charge on any atom is 0.264 e. The van der Waals surface area contributed by atoms with Crippen molar-refractivity contribution in [3.63, 3.8) is 0 Å². The van der Waals surface area contributed by atoms with Crippen LogP contribution in [0.4, 0.5) is 0 Å². The van der Waals surface area contributed by atoms with Gasteiger partial charge in [-0.1, -0.05) is 48.5 Å². The van der Waals surface area contributed by atoms with E-state index in [0.29, 0.717) is 6.54 Å². The van der Waals surface area contributed by atoms with E-state index in [-0.39, 0.29) is 11.9 Å². The van der Waals surface area contributed by atoms with Crippen LogP contribution in [0, 0.1) is 0 Å². The van der Waals surface area contributed by atoms with Crippen LogP contribution >= 0.6 is 11.3 Å². The summed E-state index contributed by atoms with van der Waals surface area (Å²) >= 11 is 1.58. The summed E-state index contributed by atoms with van der Waals surface area (Å²) in [5.41, 5.74) is 1.16. The van der Waals surface area contributed by atoms with Gasteiger partial charge in [-0.3, -0.25) is 9.69 Å². The maximum atomic E-state index is 13.5. The Morgan fingerprint density at radius 1 is 1.11 bits per heavy atom. The highest BCUT2D eigenvalue weighted by Crippen LogP contribution is 2.27. The SMILES string of the molecule is CC(CN1CCOCC1)N(Cc1ccccc1)C(=O)c1cc2ccccc2s1. The molecule has 5 heteroatoms. The molecule has 2 heterocycles. The highest BCUT2D eigenvalue weighted by Gasteiger charge is 2.25. The standard InChI is InChI=1S/C23H26N2O2S/c1-18(16-24-11-13-27-14-12-24)25(17-19-7-3-2-4-8-19)23(26)22-15-20-9-5-6-10-21(20)28-22/h2-10,15,18H,11-14,16-17H2,1H3. The molecule has 146 valence electrons. The van der Waals surface area contributed by atoms with Crippen molar-refractivity contribution in [1.82, 2.24) is 9.80 Å². The fourth-order valence-electron chi connectivity index (χ4n) is 3.69. The molecule has 1 atom stereocenters. The second kappa shape index (κ2) is 8.86. The minimum atomic E-state index is 0.116. The molecule has 0 saturated carbocycles. The van der Waals surface area contributed by atoms with Crippen molar-refractivity contribution in [2.75, 3.05) is 32.8 Å². The van der Waals surface area contributed by atoms with E-state index in [1.807, 2.05) is 41.3 Å². The third-order valence-corrected chi connectivity index (χ3v) is 6.36. The van der Waals surface area contributed by atoms with Gasteiger partial charge in [0.1, 0.15) is 0 Å². The predicted molar refractivity (Wildman–Crippen MR) is 115 cm³/mol.